The van der Waals surface area contributed by atoms with Gasteiger partial charge in [0.25, 0.3) is 0 Å². The fourth-order valence-corrected chi connectivity index (χ4v) is 2.54. The number of nitrogens with zero attached hydrogens (tertiary/aromatic N) is 1. The molecule has 5 heteroatoms. The fraction of sp³-hybridized carbons (Fsp3) is 0.357. The number of carbonyl (C=O) groups excluding carboxylic acids is 2. The molecule has 2 amide bonds. The number of hydrogen-bond acceptors (Lipinski definition) is 3. The van der Waals surface area contributed by atoms with Crippen LogP contribution in [0.25, 0.3) is 0 Å². The zero-order chi connectivity index (χ0) is 13.4. The van der Waals surface area contributed by atoms with Crippen molar-refractivity contribution in [2.24, 2.45) is 11.0 Å². The Morgan fingerprint density at radius 1 is 1.21 bits per heavy atom. The lowest BCUT2D eigenvalue weighted by atomic mass is 9.91. The Morgan fingerprint density at radius 3 is 2.84 bits per heavy atom. The van der Waals surface area contributed by atoms with Crippen molar-refractivity contribution in [2.45, 2.75) is 26.2 Å². The highest BCUT2D eigenvalue weighted by Crippen LogP contribution is 2.26. The van der Waals surface area contributed by atoms with Crippen LogP contribution in [0.15, 0.2) is 23.3 Å². The van der Waals surface area contributed by atoms with Gasteiger partial charge in [0, 0.05) is 24.4 Å². The molecule has 0 saturated carbocycles. The number of nitrogens with one attached hydrogen (secondary N) is 2. The average Bonchev–Trinajstić information content (AvgIpc) is 2.38. The second kappa shape index (κ2) is 4.50. The van der Waals surface area contributed by atoms with Crippen LogP contribution in [0.5, 0.6) is 0 Å². The molecule has 2 N–H and O–H groups in total. The van der Waals surface area contributed by atoms with Gasteiger partial charge in [0.1, 0.15) is 0 Å². The number of anilines is 1. The molecule has 0 fully saturated rings. The van der Waals surface area contributed by atoms with Crippen molar-refractivity contribution in [1.29, 1.82) is 0 Å². The molecule has 98 valence electrons. The molecule has 0 aromatic heterocycles. The average molecular weight is 257 g/mol. The van der Waals surface area contributed by atoms with Crippen LogP contribution in [0, 0.1) is 5.92 Å². The molecule has 1 aromatic rings. The minimum atomic E-state index is -0.0403. The number of hydrogen-bond donors (Lipinski definition) is 2. The van der Waals surface area contributed by atoms with E-state index in [1.807, 2.05) is 19.1 Å². The fourth-order valence-electron chi connectivity index (χ4n) is 2.54. The number of carbonyl (C=O) groups is 2. The van der Waals surface area contributed by atoms with E-state index in [-0.39, 0.29) is 17.7 Å². The maximum atomic E-state index is 11.3. The molecular formula is C14H15N3O2. The molecule has 2 aliphatic heterocycles. The lowest BCUT2D eigenvalue weighted by molar-refractivity contribution is -0.122. The minimum Gasteiger partial charge on any atom is -0.326 e. The van der Waals surface area contributed by atoms with Crippen LogP contribution in [0.2, 0.25) is 0 Å². The monoisotopic (exact) mass is 257 g/mol. The van der Waals surface area contributed by atoms with E-state index in [1.54, 1.807) is 0 Å². The van der Waals surface area contributed by atoms with Crippen LogP contribution in [0.1, 0.15) is 30.9 Å². The van der Waals surface area contributed by atoms with E-state index in [2.05, 4.69) is 21.9 Å². The maximum absolute atomic E-state index is 11.3. The molecule has 1 aromatic carbocycles. The first-order valence-electron chi connectivity index (χ1n) is 6.43. The number of aryl methyl sites for hydroxylation is 1. The molecule has 3 rings (SSSR count). The Labute approximate surface area is 111 Å². The van der Waals surface area contributed by atoms with Crippen molar-refractivity contribution in [1.82, 2.24) is 5.43 Å². The van der Waals surface area contributed by atoms with Gasteiger partial charge in [-0.3, -0.25) is 9.59 Å². The Kier molecular flexibility index (Phi) is 2.81. The van der Waals surface area contributed by atoms with Gasteiger partial charge in [0.2, 0.25) is 11.8 Å². The second-order valence-corrected chi connectivity index (χ2v) is 5.06. The summed E-state index contributed by atoms with van der Waals surface area (Å²) in [7, 11) is 0. The second-order valence-electron chi connectivity index (χ2n) is 5.06. The zero-order valence-electron chi connectivity index (χ0n) is 10.7. The summed E-state index contributed by atoms with van der Waals surface area (Å²) in [6.45, 7) is 2.00. The third kappa shape index (κ3) is 2.23. The van der Waals surface area contributed by atoms with E-state index in [0.29, 0.717) is 12.8 Å². The van der Waals surface area contributed by atoms with Crippen molar-refractivity contribution in [3.8, 4) is 0 Å². The molecule has 2 heterocycles. The highest BCUT2D eigenvalue weighted by Gasteiger charge is 2.23. The van der Waals surface area contributed by atoms with Gasteiger partial charge in [0.05, 0.1) is 5.71 Å². The topological polar surface area (TPSA) is 70.6 Å². The largest absolute Gasteiger partial charge is 0.326 e. The summed E-state index contributed by atoms with van der Waals surface area (Å²) in [6.07, 6.45) is 1.74. The minimum absolute atomic E-state index is 0.0403. The van der Waals surface area contributed by atoms with E-state index < -0.39 is 0 Å². The molecule has 5 nitrogen and oxygen atoms in total. The van der Waals surface area contributed by atoms with Crippen LogP contribution in [0.4, 0.5) is 5.69 Å². The number of benzene rings is 1. The highest BCUT2D eigenvalue weighted by atomic mass is 16.2. The summed E-state index contributed by atoms with van der Waals surface area (Å²) >= 11 is 0. The van der Waals surface area contributed by atoms with Crippen LogP contribution in [0.3, 0.4) is 0 Å². The van der Waals surface area contributed by atoms with Gasteiger partial charge >= 0.3 is 0 Å². The summed E-state index contributed by atoms with van der Waals surface area (Å²) in [4.78, 5) is 22.6. The SMILES string of the molecule is CC1CC(=O)NN=C1c1ccc2c(c1)CCC(=O)N2. The third-order valence-corrected chi connectivity index (χ3v) is 3.56. The highest BCUT2D eigenvalue weighted by molar-refractivity contribution is 6.06. The van der Waals surface area contributed by atoms with Crippen molar-refractivity contribution < 1.29 is 9.59 Å². The predicted molar refractivity (Wildman–Crippen MR) is 71.9 cm³/mol. The summed E-state index contributed by atoms with van der Waals surface area (Å²) in [5.74, 6) is 0.141. The van der Waals surface area contributed by atoms with Crippen LogP contribution < -0.4 is 10.7 Å². The molecule has 19 heavy (non-hydrogen) atoms. The van der Waals surface area contributed by atoms with Gasteiger partial charge in [-0.25, -0.2) is 5.43 Å². The van der Waals surface area contributed by atoms with Crippen LogP contribution in [-0.4, -0.2) is 17.5 Å². The van der Waals surface area contributed by atoms with E-state index in [9.17, 15) is 9.59 Å². The quantitative estimate of drug-likeness (QED) is 0.799. The van der Waals surface area contributed by atoms with E-state index in [1.165, 1.54) is 0 Å². The first-order valence-corrected chi connectivity index (χ1v) is 6.43. The Bertz CT molecular complexity index is 592. The predicted octanol–water partition coefficient (Wildman–Crippen LogP) is 1.43. The van der Waals surface area contributed by atoms with Gasteiger partial charge in [-0.1, -0.05) is 13.0 Å². The van der Waals surface area contributed by atoms with E-state index in [4.69, 9.17) is 0 Å². The molecule has 0 aliphatic carbocycles. The third-order valence-electron chi connectivity index (χ3n) is 3.56. The summed E-state index contributed by atoms with van der Waals surface area (Å²) < 4.78 is 0. The first kappa shape index (κ1) is 11.9. The van der Waals surface area contributed by atoms with Gasteiger partial charge in [0.15, 0.2) is 0 Å². The van der Waals surface area contributed by atoms with Crippen LogP contribution >= 0.6 is 0 Å². The number of rotatable bonds is 1. The van der Waals surface area contributed by atoms with Gasteiger partial charge in [-0.15, -0.1) is 0 Å². The lowest BCUT2D eigenvalue weighted by Gasteiger charge is -2.22. The summed E-state index contributed by atoms with van der Waals surface area (Å²) in [5.41, 5.74) is 6.46. The number of amides is 2. The first-order chi connectivity index (χ1) is 9.13. The molecular weight excluding hydrogens is 242 g/mol. The van der Waals surface area contributed by atoms with E-state index in [0.717, 1.165) is 28.9 Å². The van der Waals surface area contributed by atoms with Gasteiger partial charge in [-0.2, -0.15) is 5.10 Å². The summed E-state index contributed by atoms with van der Waals surface area (Å²) in [5, 5.41) is 7.02. The van der Waals surface area contributed by atoms with Crippen molar-refractivity contribution in [3.63, 3.8) is 0 Å². The molecule has 0 bridgehead atoms. The van der Waals surface area contributed by atoms with E-state index >= 15 is 0 Å². The Hall–Kier alpha value is -2.17. The van der Waals surface area contributed by atoms with Crippen molar-refractivity contribution in [3.05, 3.63) is 29.3 Å². The van der Waals surface area contributed by atoms with Gasteiger partial charge < -0.3 is 5.32 Å². The van der Waals surface area contributed by atoms with Crippen molar-refractivity contribution >= 4 is 23.2 Å². The summed E-state index contributed by atoms with van der Waals surface area (Å²) in [6, 6.07) is 5.91. The normalized spacial score (nSPS) is 22.2. The number of fused-ring (bicyclic) bond motifs is 1. The standard InChI is InChI=1S/C14H15N3O2/c1-8-6-13(19)16-17-14(8)10-2-4-11-9(7-10)3-5-12(18)15-11/h2,4,7-8H,3,5-6H2,1H3,(H,15,18)(H,16,19). The lowest BCUT2D eigenvalue weighted by Crippen LogP contribution is -2.32. The maximum Gasteiger partial charge on any atom is 0.240 e. The van der Waals surface area contributed by atoms with Crippen molar-refractivity contribution in [2.75, 3.05) is 5.32 Å². The van der Waals surface area contributed by atoms with Gasteiger partial charge in [-0.05, 0) is 29.7 Å². The van der Waals surface area contributed by atoms with Crippen LogP contribution in [-0.2, 0) is 16.0 Å². The number of hydrazone groups is 1. The molecule has 0 radical (unpaired) electrons. The Balaban J connectivity index is 1.94. The molecule has 0 saturated heterocycles. The smallest absolute Gasteiger partial charge is 0.240 e. The Morgan fingerprint density at radius 2 is 2.05 bits per heavy atom. The molecule has 2 aliphatic rings. The molecule has 1 unspecified atom stereocenters. The molecule has 0 spiro atoms. The zero-order valence-corrected chi connectivity index (χ0v) is 10.7. The molecule has 1 atom stereocenters.